The number of aromatic nitrogens is 4. The summed E-state index contributed by atoms with van der Waals surface area (Å²) in [6.45, 7) is 2.00. The molecule has 0 radical (unpaired) electrons. The van der Waals surface area contributed by atoms with Gasteiger partial charge in [0.1, 0.15) is 5.82 Å². The molecule has 5 rings (SSSR count). The summed E-state index contributed by atoms with van der Waals surface area (Å²) in [4.78, 5) is 48.7. The number of rotatable bonds is 6. The van der Waals surface area contributed by atoms with Crippen LogP contribution in [-0.4, -0.2) is 25.4 Å². The Morgan fingerprint density at radius 2 is 1.74 bits per heavy atom. The Balaban J connectivity index is 1.50. The molecule has 5 aromatic rings. The zero-order chi connectivity index (χ0) is 23.7. The Labute approximate surface area is 194 Å². The number of imidazole rings is 1. The van der Waals surface area contributed by atoms with E-state index >= 15 is 0 Å². The zero-order valence-corrected chi connectivity index (χ0v) is 18.5. The van der Waals surface area contributed by atoms with E-state index in [1.165, 1.54) is 6.07 Å². The van der Waals surface area contributed by atoms with Crippen molar-refractivity contribution >= 4 is 27.8 Å². The lowest BCUT2D eigenvalue weighted by Crippen LogP contribution is -2.34. The SMILES string of the molecule is CCn1c(=O)[nH]c2cc(C(=O)N[C@@H](Cc3ccccc3)c3nc4ccccc4[nH]3)ccc2c1=O. The number of nitrogens with one attached hydrogen (secondary N) is 3. The molecule has 0 spiro atoms. The Morgan fingerprint density at radius 3 is 2.50 bits per heavy atom. The highest BCUT2D eigenvalue weighted by Crippen LogP contribution is 2.21. The van der Waals surface area contributed by atoms with E-state index in [1.807, 2.05) is 54.6 Å². The predicted octanol–water partition coefficient (Wildman–Crippen LogP) is 3.30. The number of carbonyl (C=O) groups is 1. The van der Waals surface area contributed by atoms with Crippen molar-refractivity contribution < 1.29 is 4.79 Å². The van der Waals surface area contributed by atoms with Gasteiger partial charge < -0.3 is 15.3 Å². The third kappa shape index (κ3) is 4.01. The number of amides is 1. The van der Waals surface area contributed by atoms with E-state index in [-0.39, 0.29) is 18.0 Å². The van der Waals surface area contributed by atoms with Crippen LogP contribution < -0.4 is 16.6 Å². The molecule has 2 aromatic heterocycles. The Morgan fingerprint density at radius 1 is 0.971 bits per heavy atom. The molecule has 0 fully saturated rings. The molecule has 0 unspecified atom stereocenters. The first-order valence-electron chi connectivity index (χ1n) is 11.1. The standard InChI is InChI=1S/C26H23N5O3/c1-2-31-25(33)18-13-12-17(15-21(18)30-26(31)34)24(32)29-22(14-16-8-4-3-5-9-16)23-27-19-10-6-7-11-20(19)28-23/h3-13,15,22H,2,14H2,1H3,(H,27,28)(H,29,32)(H,30,34)/t22-/m0/s1. The van der Waals surface area contributed by atoms with Crippen LogP contribution >= 0.6 is 0 Å². The first-order chi connectivity index (χ1) is 16.5. The van der Waals surface area contributed by atoms with E-state index in [0.29, 0.717) is 28.7 Å². The van der Waals surface area contributed by atoms with Crippen molar-refractivity contribution in [3.8, 4) is 0 Å². The molecule has 0 aliphatic rings. The maximum absolute atomic E-state index is 13.2. The van der Waals surface area contributed by atoms with E-state index in [2.05, 4.69) is 20.3 Å². The summed E-state index contributed by atoms with van der Waals surface area (Å²) in [5.74, 6) is 0.322. The molecular formula is C26H23N5O3. The fraction of sp³-hybridized carbons (Fsp3) is 0.154. The van der Waals surface area contributed by atoms with Gasteiger partial charge in [-0.2, -0.15) is 0 Å². The summed E-state index contributed by atoms with van der Waals surface area (Å²) < 4.78 is 1.12. The average Bonchev–Trinajstić information content (AvgIpc) is 3.28. The zero-order valence-electron chi connectivity index (χ0n) is 18.5. The first-order valence-corrected chi connectivity index (χ1v) is 11.1. The molecule has 34 heavy (non-hydrogen) atoms. The minimum Gasteiger partial charge on any atom is -0.342 e. The fourth-order valence-corrected chi connectivity index (χ4v) is 4.13. The van der Waals surface area contributed by atoms with E-state index in [4.69, 9.17) is 0 Å². The summed E-state index contributed by atoms with van der Waals surface area (Å²) in [6, 6.07) is 21.8. The molecule has 1 amide bonds. The number of para-hydroxylation sites is 2. The molecule has 0 bridgehead atoms. The van der Waals surface area contributed by atoms with Crippen molar-refractivity contribution in [2.45, 2.75) is 25.9 Å². The molecule has 2 heterocycles. The monoisotopic (exact) mass is 453 g/mol. The molecule has 1 atom stereocenters. The topological polar surface area (TPSA) is 113 Å². The quantitative estimate of drug-likeness (QED) is 0.366. The van der Waals surface area contributed by atoms with Gasteiger partial charge in [0.05, 0.1) is 28.0 Å². The third-order valence-electron chi connectivity index (χ3n) is 5.89. The van der Waals surface area contributed by atoms with Crippen molar-refractivity contribution in [1.29, 1.82) is 0 Å². The van der Waals surface area contributed by atoms with Crippen LogP contribution in [0.5, 0.6) is 0 Å². The summed E-state index contributed by atoms with van der Waals surface area (Å²) in [5, 5.41) is 3.43. The predicted molar refractivity (Wildman–Crippen MR) is 131 cm³/mol. The van der Waals surface area contributed by atoms with Gasteiger partial charge in [0.25, 0.3) is 11.5 Å². The number of nitrogens with zero attached hydrogens (tertiary/aromatic N) is 2. The summed E-state index contributed by atoms with van der Waals surface area (Å²) in [5.41, 5.74) is 2.55. The van der Waals surface area contributed by atoms with Gasteiger partial charge in [-0.25, -0.2) is 9.78 Å². The van der Waals surface area contributed by atoms with Crippen LogP contribution in [0.2, 0.25) is 0 Å². The van der Waals surface area contributed by atoms with Gasteiger partial charge in [0.2, 0.25) is 0 Å². The number of hydrogen-bond donors (Lipinski definition) is 3. The molecule has 3 aromatic carbocycles. The van der Waals surface area contributed by atoms with Crippen LogP contribution in [0.25, 0.3) is 21.9 Å². The van der Waals surface area contributed by atoms with Gasteiger partial charge >= 0.3 is 5.69 Å². The molecule has 170 valence electrons. The normalized spacial score (nSPS) is 12.1. The second-order valence-corrected chi connectivity index (χ2v) is 8.09. The second kappa shape index (κ2) is 8.82. The van der Waals surface area contributed by atoms with Crippen LogP contribution in [0, 0.1) is 0 Å². The lowest BCUT2D eigenvalue weighted by molar-refractivity contribution is 0.0935. The fourth-order valence-electron chi connectivity index (χ4n) is 4.13. The summed E-state index contributed by atoms with van der Waals surface area (Å²) in [7, 11) is 0. The number of H-pyrrole nitrogens is 2. The van der Waals surface area contributed by atoms with Gasteiger partial charge in [-0.3, -0.25) is 14.2 Å². The van der Waals surface area contributed by atoms with Gasteiger partial charge in [0.15, 0.2) is 0 Å². The number of fused-ring (bicyclic) bond motifs is 2. The Hall–Kier alpha value is -4.46. The third-order valence-corrected chi connectivity index (χ3v) is 5.89. The van der Waals surface area contributed by atoms with Crippen LogP contribution in [0.15, 0.2) is 82.4 Å². The highest BCUT2D eigenvalue weighted by atomic mass is 16.2. The van der Waals surface area contributed by atoms with Gasteiger partial charge in [-0.05, 0) is 49.2 Å². The van der Waals surface area contributed by atoms with Crippen LogP contribution in [-0.2, 0) is 13.0 Å². The van der Waals surface area contributed by atoms with Gasteiger partial charge in [-0.15, -0.1) is 0 Å². The van der Waals surface area contributed by atoms with Gasteiger partial charge in [0, 0.05) is 12.1 Å². The number of carbonyl (C=O) groups excluding carboxylic acids is 1. The van der Waals surface area contributed by atoms with Crippen molar-refractivity contribution in [3.05, 3.63) is 111 Å². The highest BCUT2D eigenvalue weighted by Gasteiger charge is 2.20. The molecular weight excluding hydrogens is 430 g/mol. The number of hydrogen-bond acceptors (Lipinski definition) is 4. The summed E-state index contributed by atoms with van der Waals surface area (Å²) in [6.07, 6.45) is 0.540. The van der Waals surface area contributed by atoms with Crippen molar-refractivity contribution in [2.75, 3.05) is 0 Å². The molecule has 0 saturated heterocycles. The molecule has 8 nitrogen and oxygen atoms in total. The lowest BCUT2D eigenvalue weighted by Gasteiger charge is -2.17. The van der Waals surface area contributed by atoms with Crippen LogP contribution in [0.4, 0.5) is 0 Å². The smallest absolute Gasteiger partial charge is 0.328 e. The van der Waals surface area contributed by atoms with E-state index in [0.717, 1.165) is 21.2 Å². The molecule has 0 aliphatic heterocycles. The molecule has 0 saturated carbocycles. The maximum atomic E-state index is 13.2. The van der Waals surface area contributed by atoms with Crippen molar-refractivity contribution in [1.82, 2.24) is 24.8 Å². The Bertz CT molecular complexity index is 1580. The molecule has 3 N–H and O–H groups in total. The maximum Gasteiger partial charge on any atom is 0.328 e. The van der Waals surface area contributed by atoms with Crippen LogP contribution in [0.3, 0.4) is 0 Å². The number of benzene rings is 3. The average molecular weight is 454 g/mol. The molecule has 0 aliphatic carbocycles. The van der Waals surface area contributed by atoms with E-state index in [1.54, 1.807) is 19.1 Å². The largest absolute Gasteiger partial charge is 0.342 e. The van der Waals surface area contributed by atoms with E-state index in [9.17, 15) is 14.4 Å². The molecule has 8 heteroatoms. The minimum atomic E-state index is -0.498. The minimum absolute atomic E-state index is 0.269. The van der Waals surface area contributed by atoms with Gasteiger partial charge in [-0.1, -0.05) is 42.5 Å². The van der Waals surface area contributed by atoms with Crippen molar-refractivity contribution in [2.24, 2.45) is 0 Å². The highest BCUT2D eigenvalue weighted by molar-refractivity contribution is 5.97. The number of aromatic amines is 2. The van der Waals surface area contributed by atoms with Crippen molar-refractivity contribution in [3.63, 3.8) is 0 Å². The summed E-state index contributed by atoms with van der Waals surface area (Å²) >= 11 is 0. The van der Waals surface area contributed by atoms with Crippen LogP contribution in [0.1, 0.15) is 34.7 Å². The lowest BCUT2D eigenvalue weighted by atomic mass is 10.0. The first kappa shape index (κ1) is 21.4. The second-order valence-electron chi connectivity index (χ2n) is 8.09. The Kier molecular flexibility index (Phi) is 5.55. The van der Waals surface area contributed by atoms with E-state index < -0.39 is 11.7 Å².